The Morgan fingerprint density at radius 3 is 1.78 bits per heavy atom. The molecule has 3 heteroatoms. The fourth-order valence-corrected chi connectivity index (χ4v) is 2.08. The highest BCUT2D eigenvalue weighted by Crippen LogP contribution is 2.35. The summed E-state index contributed by atoms with van der Waals surface area (Å²) >= 11 is 0. The number of fused-ring (bicyclic) bond motifs is 3. The molecule has 2 aromatic rings. The Bertz CT molecular complexity index is 518. The van der Waals surface area contributed by atoms with Crippen LogP contribution in [-0.2, 0) is 11.2 Å². The number of hydrogen-bond donors (Lipinski definition) is 1. The Balaban J connectivity index is 0.000000209. The first-order chi connectivity index (χ1) is 8.72. The zero-order valence-electron chi connectivity index (χ0n) is 10.1. The van der Waals surface area contributed by atoms with Crippen molar-refractivity contribution in [2.75, 3.05) is 7.11 Å². The summed E-state index contributed by atoms with van der Waals surface area (Å²) in [7, 11) is 1.10. The maximum Gasteiger partial charge on any atom is 0.505 e. The third-order valence-corrected chi connectivity index (χ3v) is 2.88. The van der Waals surface area contributed by atoms with Crippen molar-refractivity contribution in [3.05, 3.63) is 59.7 Å². The predicted octanol–water partition coefficient (Wildman–Crippen LogP) is 3.57. The van der Waals surface area contributed by atoms with Crippen molar-refractivity contribution in [2.45, 2.75) is 6.42 Å². The van der Waals surface area contributed by atoms with Crippen LogP contribution in [0, 0.1) is 0 Å². The molecule has 0 bridgehead atoms. The molecule has 0 heterocycles. The summed E-state index contributed by atoms with van der Waals surface area (Å²) in [6, 6.07) is 17.3. The van der Waals surface area contributed by atoms with Gasteiger partial charge in [0.25, 0.3) is 0 Å². The van der Waals surface area contributed by atoms with Gasteiger partial charge in [0.15, 0.2) is 0 Å². The Morgan fingerprint density at radius 2 is 1.39 bits per heavy atom. The van der Waals surface area contributed by atoms with Crippen molar-refractivity contribution in [1.29, 1.82) is 0 Å². The van der Waals surface area contributed by atoms with Crippen LogP contribution < -0.4 is 0 Å². The van der Waals surface area contributed by atoms with Crippen LogP contribution in [0.3, 0.4) is 0 Å². The van der Waals surface area contributed by atoms with E-state index in [-0.39, 0.29) is 0 Å². The topological polar surface area (TPSA) is 46.5 Å². The molecule has 0 unspecified atom stereocenters. The number of methoxy groups -OCH3 is 1. The summed E-state index contributed by atoms with van der Waals surface area (Å²) in [4.78, 5) is 9.15. The molecule has 0 spiro atoms. The van der Waals surface area contributed by atoms with Gasteiger partial charge in [-0.3, -0.25) is 0 Å². The molecule has 0 saturated heterocycles. The highest BCUT2D eigenvalue weighted by atomic mass is 16.6. The number of hydrogen-bond acceptors (Lipinski definition) is 2. The van der Waals surface area contributed by atoms with E-state index in [1.807, 2.05) is 0 Å². The second-order valence-electron chi connectivity index (χ2n) is 3.96. The molecule has 3 nitrogen and oxygen atoms in total. The highest BCUT2D eigenvalue weighted by Gasteiger charge is 2.15. The molecule has 0 aromatic heterocycles. The second kappa shape index (κ2) is 5.36. The fraction of sp³-hybridized carbons (Fsp3) is 0.133. The smallest absolute Gasteiger partial charge is 0.450 e. The van der Waals surface area contributed by atoms with E-state index in [2.05, 4.69) is 53.3 Å². The predicted molar refractivity (Wildman–Crippen MR) is 69.7 cm³/mol. The molecule has 0 aliphatic heterocycles. The maximum absolute atomic E-state index is 9.15. The summed E-state index contributed by atoms with van der Waals surface area (Å²) in [6.07, 6.45) is -0.142. The second-order valence-corrected chi connectivity index (χ2v) is 3.96. The van der Waals surface area contributed by atoms with Crippen molar-refractivity contribution in [1.82, 2.24) is 0 Å². The van der Waals surface area contributed by atoms with E-state index >= 15 is 0 Å². The standard InChI is InChI=1S/C13H10.C2H4O3/c1-3-7-12-10(5-1)9-11-6-2-4-8-13(11)12;1-5-2(3)4/h1-8H,9H2;1H3,(H,3,4). The SMILES string of the molecule is COC(=O)O.c1ccc2c(c1)Cc1ccccc1-2. The number of carbonyl (C=O) groups is 1. The Kier molecular flexibility index (Phi) is 3.63. The van der Waals surface area contributed by atoms with E-state index in [1.54, 1.807) is 0 Å². The molecular formula is C15H14O3. The summed E-state index contributed by atoms with van der Waals surface area (Å²) < 4.78 is 3.67. The summed E-state index contributed by atoms with van der Waals surface area (Å²) in [5.74, 6) is 0. The molecule has 0 atom stereocenters. The third-order valence-electron chi connectivity index (χ3n) is 2.88. The van der Waals surface area contributed by atoms with Gasteiger partial charge in [0.1, 0.15) is 0 Å². The molecule has 1 aliphatic carbocycles. The third kappa shape index (κ3) is 2.51. The summed E-state index contributed by atoms with van der Waals surface area (Å²) in [5, 5.41) is 7.50. The van der Waals surface area contributed by atoms with Crippen molar-refractivity contribution >= 4 is 6.16 Å². The van der Waals surface area contributed by atoms with Gasteiger partial charge in [-0.15, -0.1) is 0 Å². The molecule has 0 saturated carbocycles. The van der Waals surface area contributed by atoms with Crippen molar-refractivity contribution in [2.24, 2.45) is 0 Å². The average Bonchev–Trinajstić information content (AvgIpc) is 2.78. The van der Waals surface area contributed by atoms with Gasteiger partial charge in [0.05, 0.1) is 7.11 Å². The molecule has 3 rings (SSSR count). The van der Waals surface area contributed by atoms with Gasteiger partial charge in [0, 0.05) is 0 Å². The van der Waals surface area contributed by atoms with Crippen LogP contribution in [-0.4, -0.2) is 18.4 Å². The van der Waals surface area contributed by atoms with Crippen molar-refractivity contribution < 1.29 is 14.6 Å². The number of benzene rings is 2. The minimum Gasteiger partial charge on any atom is -0.450 e. The molecule has 18 heavy (non-hydrogen) atoms. The summed E-state index contributed by atoms with van der Waals surface area (Å²) in [5.41, 5.74) is 5.75. The lowest BCUT2D eigenvalue weighted by Gasteiger charge is -1.98. The van der Waals surface area contributed by atoms with Crippen LogP contribution in [0.4, 0.5) is 4.79 Å². The first kappa shape index (κ1) is 12.2. The van der Waals surface area contributed by atoms with Gasteiger partial charge in [-0.1, -0.05) is 48.5 Å². The van der Waals surface area contributed by atoms with Gasteiger partial charge in [-0.25, -0.2) is 4.79 Å². The normalized spacial score (nSPS) is 10.7. The largest absolute Gasteiger partial charge is 0.505 e. The zero-order valence-corrected chi connectivity index (χ0v) is 10.1. The van der Waals surface area contributed by atoms with E-state index in [4.69, 9.17) is 9.90 Å². The molecule has 0 fully saturated rings. The van der Waals surface area contributed by atoms with Gasteiger partial charge in [-0.2, -0.15) is 0 Å². The zero-order chi connectivity index (χ0) is 13.0. The maximum atomic E-state index is 9.15. The minimum atomic E-state index is -1.25. The van der Waals surface area contributed by atoms with Crippen molar-refractivity contribution in [3.63, 3.8) is 0 Å². The molecule has 1 N–H and O–H groups in total. The van der Waals surface area contributed by atoms with E-state index < -0.39 is 6.16 Å². The number of carboxylic acid groups (broad SMARTS) is 1. The molecular weight excluding hydrogens is 228 g/mol. The molecule has 0 amide bonds. The monoisotopic (exact) mass is 242 g/mol. The lowest BCUT2D eigenvalue weighted by atomic mass is 10.1. The van der Waals surface area contributed by atoms with E-state index in [1.165, 1.54) is 22.3 Å². The lowest BCUT2D eigenvalue weighted by Crippen LogP contribution is -1.91. The quantitative estimate of drug-likeness (QED) is 0.613. The fourth-order valence-electron chi connectivity index (χ4n) is 2.08. The van der Waals surface area contributed by atoms with Gasteiger partial charge in [-0.05, 0) is 28.7 Å². The average molecular weight is 242 g/mol. The van der Waals surface area contributed by atoms with Crippen LogP contribution in [0.25, 0.3) is 11.1 Å². The van der Waals surface area contributed by atoms with Crippen LogP contribution in [0.5, 0.6) is 0 Å². The van der Waals surface area contributed by atoms with Gasteiger partial charge >= 0.3 is 6.16 Å². The Labute approximate surface area is 106 Å². The molecule has 0 radical (unpaired) electrons. The van der Waals surface area contributed by atoms with E-state index in [0.29, 0.717) is 0 Å². The Morgan fingerprint density at radius 1 is 1.00 bits per heavy atom. The van der Waals surface area contributed by atoms with Gasteiger partial charge in [0.2, 0.25) is 0 Å². The lowest BCUT2D eigenvalue weighted by molar-refractivity contribution is 0.114. The molecule has 1 aliphatic rings. The van der Waals surface area contributed by atoms with E-state index in [0.717, 1.165) is 13.5 Å². The highest BCUT2D eigenvalue weighted by molar-refractivity contribution is 5.76. The van der Waals surface area contributed by atoms with Gasteiger partial charge < -0.3 is 9.84 Å². The van der Waals surface area contributed by atoms with Crippen molar-refractivity contribution in [3.8, 4) is 11.1 Å². The van der Waals surface area contributed by atoms with Crippen LogP contribution >= 0.6 is 0 Å². The van der Waals surface area contributed by atoms with Crippen LogP contribution in [0.1, 0.15) is 11.1 Å². The molecule has 2 aromatic carbocycles. The minimum absolute atomic E-state index is 1.10. The first-order valence-electron chi connectivity index (χ1n) is 5.65. The first-order valence-corrected chi connectivity index (χ1v) is 5.65. The van der Waals surface area contributed by atoms with Crippen LogP contribution in [0.15, 0.2) is 48.5 Å². The van der Waals surface area contributed by atoms with E-state index in [9.17, 15) is 0 Å². The molecule has 92 valence electrons. The summed E-state index contributed by atoms with van der Waals surface area (Å²) in [6.45, 7) is 0. The Hall–Kier alpha value is -2.29. The van der Waals surface area contributed by atoms with Crippen LogP contribution in [0.2, 0.25) is 0 Å². The number of rotatable bonds is 0. The number of ether oxygens (including phenoxy) is 1.